The molecule has 0 aliphatic carbocycles. The molecule has 4 heteroatoms. The maximum atomic E-state index is 9.77. The number of hydrogen-bond acceptors (Lipinski definition) is 4. The molecular weight excluding hydrogens is 218 g/mol. The van der Waals surface area contributed by atoms with Gasteiger partial charge in [-0.3, -0.25) is 4.90 Å². The molecule has 0 saturated heterocycles. The summed E-state index contributed by atoms with van der Waals surface area (Å²) in [6.45, 7) is 4.36. The van der Waals surface area contributed by atoms with Gasteiger partial charge in [0.2, 0.25) is 0 Å². The van der Waals surface area contributed by atoms with Gasteiger partial charge >= 0.3 is 0 Å². The van der Waals surface area contributed by atoms with Crippen LogP contribution in [0, 0.1) is 0 Å². The lowest BCUT2D eigenvalue weighted by atomic mass is 10.1. The quantitative estimate of drug-likeness (QED) is 0.759. The number of aromatic hydroxyl groups is 1. The second-order valence-corrected chi connectivity index (χ2v) is 3.99. The van der Waals surface area contributed by atoms with Crippen molar-refractivity contribution in [3.05, 3.63) is 23.8 Å². The van der Waals surface area contributed by atoms with E-state index in [-0.39, 0.29) is 12.4 Å². The molecule has 0 bridgehead atoms. The molecule has 2 N–H and O–H groups in total. The number of phenolic OH excluding ortho intramolecular Hbond substituents is 1. The van der Waals surface area contributed by atoms with Gasteiger partial charge in [-0.25, -0.2) is 0 Å². The van der Waals surface area contributed by atoms with E-state index in [0.29, 0.717) is 13.1 Å². The first-order valence-corrected chi connectivity index (χ1v) is 5.90. The summed E-state index contributed by atoms with van der Waals surface area (Å²) in [5.74, 6) is 1.00. The van der Waals surface area contributed by atoms with Gasteiger partial charge in [-0.2, -0.15) is 0 Å². The minimum absolute atomic E-state index is 0.130. The van der Waals surface area contributed by atoms with Crippen LogP contribution in [0.2, 0.25) is 0 Å². The van der Waals surface area contributed by atoms with Gasteiger partial charge in [-0.15, -0.1) is 0 Å². The van der Waals surface area contributed by atoms with E-state index in [2.05, 4.69) is 11.8 Å². The minimum atomic E-state index is 0.130. The van der Waals surface area contributed by atoms with E-state index in [1.165, 1.54) is 0 Å². The average Bonchev–Trinajstić information content (AvgIpc) is 2.32. The number of rotatable bonds is 7. The predicted octanol–water partition coefficient (Wildman–Crippen LogP) is 1.61. The first-order valence-electron chi connectivity index (χ1n) is 5.90. The van der Waals surface area contributed by atoms with E-state index in [9.17, 15) is 5.11 Å². The lowest BCUT2D eigenvalue weighted by molar-refractivity contribution is 0.189. The smallest absolute Gasteiger partial charge is 0.120 e. The highest BCUT2D eigenvalue weighted by molar-refractivity contribution is 5.39. The van der Waals surface area contributed by atoms with E-state index in [1.54, 1.807) is 19.2 Å². The number of methoxy groups -OCH3 is 1. The van der Waals surface area contributed by atoms with E-state index in [1.807, 2.05) is 6.07 Å². The van der Waals surface area contributed by atoms with Gasteiger partial charge in [0.1, 0.15) is 11.5 Å². The summed E-state index contributed by atoms with van der Waals surface area (Å²) in [5, 5.41) is 18.8. The number of ether oxygens (including phenoxy) is 1. The predicted molar refractivity (Wildman–Crippen MR) is 67.3 cm³/mol. The zero-order chi connectivity index (χ0) is 12.7. The molecule has 0 atom stereocenters. The van der Waals surface area contributed by atoms with E-state index >= 15 is 0 Å². The van der Waals surface area contributed by atoms with Gasteiger partial charge < -0.3 is 14.9 Å². The summed E-state index contributed by atoms with van der Waals surface area (Å²) in [6.07, 6.45) is 1.02. The summed E-state index contributed by atoms with van der Waals surface area (Å²) in [7, 11) is 1.60. The highest BCUT2D eigenvalue weighted by atomic mass is 16.5. The van der Waals surface area contributed by atoms with Crippen molar-refractivity contribution in [2.24, 2.45) is 0 Å². The topological polar surface area (TPSA) is 52.9 Å². The van der Waals surface area contributed by atoms with E-state index < -0.39 is 0 Å². The SMILES string of the molecule is CCCN(CCO)Cc1cc(OC)ccc1O. The van der Waals surface area contributed by atoms with Crippen LogP contribution < -0.4 is 4.74 Å². The molecule has 1 aromatic carbocycles. The summed E-state index contributed by atoms with van der Waals surface area (Å²) in [5.41, 5.74) is 0.825. The highest BCUT2D eigenvalue weighted by Gasteiger charge is 2.09. The van der Waals surface area contributed by atoms with Crippen molar-refractivity contribution in [3.63, 3.8) is 0 Å². The molecule has 0 aliphatic rings. The van der Waals surface area contributed by atoms with Crippen LogP contribution in [-0.2, 0) is 6.54 Å². The van der Waals surface area contributed by atoms with Crippen LogP contribution in [0.5, 0.6) is 11.5 Å². The molecule has 0 spiro atoms. The number of hydrogen-bond donors (Lipinski definition) is 2. The van der Waals surface area contributed by atoms with Crippen molar-refractivity contribution in [2.45, 2.75) is 19.9 Å². The van der Waals surface area contributed by atoms with Crippen molar-refractivity contribution < 1.29 is 14.9 Å². The van der Waals surface area contributed by atoms with Gasteiger partial charge in [-0.05, 0) is 31.2 Å². The number of nitrogens with zero attached hydrogens (tertiary/aromatic N) is 1. The van der Waals surface area contributed by atoms with Crippen molar-refractivity contribution in [3.8, 4) is 11.5 Å². The van der Waals surface area contributed by atoms with Crippen molar-refractivity contribution in [2.75, 3.05) is 26.8 Å². The molecule has 1 rings (SSSR count). The third kappa shape index (κ3) is 4.24. The molecule has 4 nitrogen and oxygen atoms in total. The van der Waals surface area contributed by atoms with Crippen LogP contribution in [0.1, 0.15) is 18.9 Å². The first-order chi connectivity index (χ1) is 8.21. The maximum absolute atomic E-state index is 9.77. The molecule has 0 saturated carbocycles. The largest absolute Gasteiger partial charge is 0.508 e. The average molecular weight is 239 g/mol. The van der Waals surface area contributed by atoms with Crippen LogP contribution in [0.25, 0.3) is 0 Å². The Labute approximate surface area is 102 Å². The normalized spacial score (nSPS) is 10.8. The molecule has 0 unspecified atom stereocenters. The fourth-order valence-corrected chi connectivity index (χ4v) is 1.78. The summed E-state index contributed by atoms with van der Waals surface area (Å²) >= 11 is 0. The third-order valence-electron chi connectivity index (χ3n) is 2.64. The zero-order valence-corrected chi connectivity index (χ0v) is 10.5. The second-order valence-electron chi connectivity index (χ2n) is 3.99. The third-order valence-corrected chi connectivity index (χ3v) is 2.64. The number of aliphatic hydroxyl groups is 1. The number of aliphatic hydroxyl groups excluding tert-OH is 1. The van der Waals surface area contributed by atoms with Crippen LogP contribution in [0.4, 0.5) is 0 Å². The summed E-state index contributed by atoms with van der Waals surface area (Å²) < 4.78 is 5.13. The highest BCUT2D eigenvalue weighted by Crippen LogP contribution is 2.24. The molecule has 0 amide bonds. The monoisotopic (exact) mass is 239 g/mol. The Kier molecular flexibility index (Phi) is 5.80. The Morgan fingerprint density at radius 1 is 1.29 bits per heavy atom. The summed E-state index contributed by atoms with van der Waals surface area (Å²) in [4.78, 5) is 2.11. The Morgan fingerprint density at radius 3 is 2.65 bits per heavy atom. The zero-order valence-electron chi connectivity index (χ0n) is 10.5. The Balaban J connectivity index is 2.76. The Hall–Kier alpha value is -1.26. The van der Waals surface area contributed by atoms with Gasteiger partial charge in [0, 0.05) is 18.7 Å². The van der Waals surface area contributed by atoms with Crippen molar-refractivity contribution in [1.82, 2.24) is 4.90 Å². The van der Waals surface area contributed by atoms with Gasteiger partial charge in [0.25, 0.3) is 0 Å². The van der Waals surface area contributed by atoms with Crippen molar-refractivity contribution >= 4 is 0 Å². The van der Waals surface area contributed by atoms with Crippen LogP contribution >= 0.6 is 0 Å². The lowest BCUT2D eigenvalue weighted by Crippen LogP contribution is -2.27. The fourth-order valence-electron chi connectivity index (χ4n) is 1.78. The number of phenols is 1. The summed E-state index contributed by atoms with van der Waals surface area (Å²) in [6, 6.07) is 5.20. The molecule has 0 aromatic heterocycles. The molecular formula is C13H21NO3. The van der Waals surface area contributed by atoms with E-state index in [4.69, 9.17) is 9.84 Å². The molecule has 0 heterocycles. The fraction of sp³-hybridized carbons (Fsp3) is 0.538. The van der Waals surface area contributed by atoms with Gasteiger partial charge in [0.05, 0.1) is 13.7 Å². The Morgan fingerprint density at radius 2 is 2.06 bits per heavy atom. The first kappa shape index (κ1) is 13.8. The molecule has 0 aliphatic heterocycles. The maximum Gasteiger partial charge on any atom is 0.120 e. The molecule has 0 radical (unpaired) electrons. The standard InChI is InChI=1S/C13H21NO3/c1-3-6-14(7-8-15)10-11-9-12(17-2)4-5-13(11)16/h4-5,9,15-16H,3,6-8,10H2,1-2H3. The molecule has 1 aromatic rings. The van der Waals surface area contributed by atoms with E-state index in [0.717, 1.165) is 24.3 Å². The molecule has 96 valence electrons. The molecule has 17 heavy (non-hydrogen) atoms. The van der Waals surface area contributed by atoms with Crippen LogP contribution in [0.15, 0.2) is 18.2 Å². The second kappa shape index (κ2) is 7.14. The van der Waals surface area contributed by atoms with Crippen LogP contribution in [0.3, 0.4) is 0 Å². The minimum Gasteiger partial charge on any atom is -0.508 e. The Bertz CT molecular complexity index is 335. The number of benzene rings is 1. The van der Waals surface area contributed by atoms with Gasteiger partial charge in [0.15, 0.2) is 0 Å². The van der Waals surface area contributed by atoms with Crippen molar-refractivity contribution in [1.29, 1.82) is 0 Å². The van der Waals surface area contributed by atoms with Gasteiger partial charge in [-0.1, -0.05) is 6.92 Å². The lowest BCUT2D eigenvalue weighted by Gasteiger charge is -2.21. The van der Waals surface area contributed by atoms with Crippen LogP contribution in [-0.4, -0.2) is 41.9 Å². The molecule has 0 fully saturated rings.